The van der Waals surface area contributed by atoms with E-state index in [4.69, 9.17) is 9.47 Å². The molecule has 0 saturated carbocycles. The Bertz CT molecular complexity index is 1330. The highest BCUT2D eigenvalue weighted by Gasteiger charge is 2.13. The summed E-state index contributed by atoms with van der Waals surface area (Å²) in [7, 11) is 1.45. The maximum absolute atomic E-state index is 12.9. The number of hydrogen-bond acceptors (Lipinski definition) is 7. The molecule has 0 aliphatic carbocycles. The van der Waals surface area contributed by atoms with Crippen LogP contribution in [0.15, 0.2) is 45.7 Å². The predicted molar refractivity (Wildman–Crippen MR) is 107 cm³/mol. The molecule has 0 radical (unpaired) electrons. The van der Waals surface area contributed by atoms with Crippen molar-refractivity contribution in [3.05, 3.63) is 61.3 Å². The van der Waals surface area contributed by atoms with E-state index in [2.05, 4.69) is 20.9 Å². The van der Waals surface area contributed by atoms with Gasteiger partial charge in [0.25, 0.3) is 5.56 Å². The van der Waals surface area contributed by atoms with Crippen LogP contribution in [0.25, 0.3) is 22.1 Å². The summed E-state index contributed by atoms with van der Waals surface area (Å²) in [6, 6.07) is 10.7. The van der Waals surface area contributed by atoms with Gasteiger partial charge in [-0.3, -0.25) is 4.79 Å². The molecule has 9 heteroatoms. The summed E-state index contributed by atoms with van der Waals surface area (Å²) in [6.07, 6.45) is 1.73. The van der Waals surface area contributed by atoms with Gasteiger partial charge in [-0.05, 0) is 35.9 Å². The number of carboxylic acid groups (broad SMARTS) is 1. The van der Waals surface area contributed by atoms with Crippen LogP contribution in [0.5, 0.6) is 11.5 Å². The summed E-state index contributed by atoms with van der Waals surface area (Å²) in [4.78, 5) is 28.6. The first kappa shape index (κ1) is 18.5. The number of rotatable bonds is 5. The van der Waals surface area contributed by atoms with Crippen LogP contribution in [-0.4, -0.2) is 29.1 Å². The number of benzene rings is 2. The lowest BCUT2D eigenvalue weighted by Gasteiger charge is -2.12. The fraction of sp³-hybridized carbons (Fsp3) is 0.105. The highest BCUT2D eigenvalue weighted by atomic mass is 79.9. The van der Waals surface area contributed by atoms with E-state index in [-0.39, 0.29) is 11.3 Å². The maximum Gasteiger partial charge on any atom is 0.274 e. The molecule has 0 aliphatic rings. The van der Waals surface area contributed by atoms with Crippen molar-refractivity contribution in [3.63, 3.8) is 0 Å². The molecule has 0 N–H and O–H groups in total. The highest BCUT2D eigenvalue weighted by molar-refractivity contribution is 9.10. The first-order valence-electron chi connectivity index (χ1n) is 8.10. The summed E-state index contributed by atoms with van der Waals surface area (Å²) in [5, 5.41) is 10.6. The minimum atomic E-state index is -1.33. The van der Waals surface area contributed by atoms with Crippen LogP contribution in [-0.2, 0) is 4.79 Å². The van der Waals surface area contributed by atoms with Gasteiger partial charge in [-0.25, -0.2) is 9.38 Å². The van der Waals surface area contributed by atoms with Crippen LogP contribution in [0.1, 0.15) is 5.56 Å². The third-order valence-electron chi connectivity index (χ3n) is 4.06. The lowest BCUT2D eigenvalue weighted by Crippen LogP contribution is -2.29. The number of para-hydroxylation sites is 2. The van der Waals surface area contributed by atoms with E-state index in [9.17, 15) is 14.7 Å². The summed E-state index contributed by atoms with van der Waals surface area (Å²) >= 11 is 4.71. The molecule has 0 saturated heterocycles. The molecule has 7 nitrogen and oxygen atoms in total. The number of ether oxygens (including phenoxy) is 2. The quantitative estimate of drug-likeness (QED) is 0.447. The first-order valence-corrected chi connectivity index (χ1v) is 9.71. The zero-order chi connectivity index (χ0) is 19.8. The first-order chi connectivity index (χ1) is 13.5. The zero-order valence-corrected chi connectivity index (χ0v) is 16.9. The van der Waals surface area contributed by atoms with Gasteiger partial charge < -0.3 is 19.4 Å². The molecule has 0 amide bonds. The molecule has 28 heavy (non-hydrogen) atoms. The van der Waals surface area contributed by atoms with Gasteiger partial charge in [-0.15, -0.1) is 0 Å². The van der Waals surface area contributed by atoms with Crippen LogP contribution in [0.2, 0.25) is 0 Å². The molecule has 2 aromatic carbocycles. The van der Waals surface area contributed by atoms with Gasteiger partial charge >= 0.3 is 0 Å². The molecule has 0 aliphatic heterocycles. The van der Waals surface area contributed by atoms with Gasteiger partial charge in [0, 0.05) is 4.47 Å². The van der Waals surface area contributed by atoms with Gasteiger partial charge in [-0.2, -0.15) is 0 Å². The van der Waals surface area contributed by atoms with E-state index in [1.54, 1.807) is 22.6 Å². The van der Waals surface area contributed by atoms with E-state index in [0.717, 1.165) is 11.0 Å². The number of hydrogen-bond donors (Lipinski definition) is 0. The van der Waals surface area contributed by atoms with Gasteiger partial charge in [0.05, 0.1) is 28.6 Å². The van der Waals surface area contributed by atoms with Crippen LogP contribution < -0.4 is 24.7 Å². The molecule has 2 aromatic heterocycles. The van der Waals surface area contributed by atoms with Crippen molar-refractivity contribution in [2.24, 2.45) is 0 Å². The van der Waals surface area contributed by atoms with Gasteiger partial charge in [-0.1, -0.05) is 39.4 Å². The molecule has 4 aromatic rings. The molecule has 0 fully saturated rings. The van der Waals surface area contributed by atoms with Crippen molar-refractivity contribution >= 4 is 55.3 Å². The zero-order valence-electron chi connectivity index (χ0n) is 14.5. The molecule has 2 heterocycles. The Balaban J connectivity index is 1.83. The average Bonchev–Trinajstić information content (AvgIpc) is 3.18. The largest absolute Gasteiger partial charge is 0.546 e. The summed E-state index contributed by atoms with van der Waals surface area (Å²) < 4.78 is 13.2. The third kappa shape index (κ3) is 3.23. The summed E-state index contributed by atoms with van der Waals surface area (Å²) in [6.45, 7) is -0.592. The molecule has 0 unspecified atom stereocenters. The molecular weight excluding hydrogens is 448 g/mol. The number of carbonyl (C=O) groups is 1. The Hall–Kier alpha value is -2.91. The lowest BCUT2D eigenvalue weighted by molar-refractivity contribution is -0.307. The topological polar surface area (TPSA) is 93.0 Å². The van der Waals surface area contributed by atoms with Crippen LogP contribution in [0, 0.1) is 0 Å². The van der Waals surface area contributed by atoms with Crippen molar-refractivity contribution in [3.8, 4) is 11.5 Å². The fourth-order valence-corrected chi connectivity index (χ4v) is 4.24. The molecule has 0 bridgehead atoms. The number of halogens is 1. The molecule has 0 atom stereocenters. The Morgan fingerprint density at radius 1 is 1.32 bits per heavy atom. The Morgan fingerprint density at radius 2 is 2.11 bits per heavy atom. The van der Waals surface area contributed by atoms with Crippen molar-refractivity contribution in [1.82, 2.24) is 9.38 Å². The van der Waals surface area contributed by atoms with Crippen LogP contribution in [0.4, 0.5) is 0 Å². The normalized spacial score (nSPS) is 12.0. The summed E-state index contributed by atoms with van der Waals surface area (Å²) in [5.41, 5.74) is 2.07. The number of aliphatic carboxylic acids is 1. The van der Waals surface area contributed by atoms with Crippen molar-refractivity contribution < 1.29 is 19.4 Å². The smallest absolute Gasteiger partial charge is 0.274 e. The second-order valence-corrected chi connectivity index (χ2v) is 7.68. The minimum absolute atomic E-state index is 0.156. The van der Waals surface area contributed by atoms with Gasteiger partial charge in [0.1, 0.15) is 6.61 Å². The lowest BCUT2D eigenvalue weighted by atomic mass is 10.2. The number of carboxylic acids is 1. The maximum atomic E-state index is 12.9. The minimum Gasteiger partial charge on any atom is -0.546 e. The Morgan fingerprint density at radius 3 is 2.86 bits per heavy atom. The Kier molecular flexibility index (Phi) is 4.78. The number of fused-ring (bicyclic) bond motifs is 3. The van der Waals surface area contributed by atoms with E-state index in [0.29, 0.717) is 25.3 Å². The second kappa shape index (κ2) is 7.25. The van der Waals surface area contributed by atoms with E-state index >= 15 is 0 Å². The second-order valence-electron chi connectivity index (χ2n) is 5.82. The van der Waals surface area contributed by atoms with Gasteiger partial charge in [0.15, 0.2) is 16.5 Å². The molecule has 142 valence electrons. The monoisotopic (exact) mass is 459 g/mol. The summed E-state index contributed by atoms with van der Waals surface area (Å²) in [5.74, 6) is -0.737. The predicted octanol–water partition coefficient (Wildman–Crippen LogP) is 1.36. The van der Waals surface area contributed by atoms with Crippen molar-refractivity contribution in [2.45, 2.75) is 0 Å². The van der Waals surface area contributed by atoms with Crippen LogP contribution >= 0.6 is 27.3 Å². The molecule has 0 spiro atoms. The number of nitrogens with zero attached hydrogens (tertiary/aromatic N) is 2. The SMILES string of the molecule is COc1cc(/C=c2\sc3nc4ccccc4n3c2=O)c(Br)cc1OCC(=O)[O-]. The number of aromatic nitrogens is 2. The average molecular weight is 460 g/mol. The van der Waals surface area contributed by atoms with Crippen molar-refractivity contribution in [2.75, 3.05) is 13.7 Å². The number of methoxy groups -OCH3 is 1. The van der Waals surface area contributed by atoms with Crippen LogP contribution in [0.3, 0.4) is 0 Å². The molecular formula is C19H12BrN2O5S-. The Labute approximate surface area is 170 Å². The van der Waals surface area contributed by atoms with Crippen molar-refractivity contribution in [1.29, 1.82) is 0 Å². The van der Waals surface area contributed by atoms with E-state index in [1.807, 2.05) is 24.3 Å². The third-order valence-corrected chi connectivity index (χ3v) is 5.72. The fourth-order valence-electron chi connectivity index (χ4n) is 2.82. The number of imidazole rings is 1. The molecule has 4 rings (SSSR count). The number of thiazole rings is 1. The standard InChI is InChI=1S/C19H13BrN2O5S/c1-26-14-6-10(11(20)8-15(14)27-9-17(23)24)7-16-18(25)22-13-5-3-2-4-12(13)21-19(22)28-16/h2-8H,9H2,1H3,(H,23,24)/p-1/b16-7-. The van der Waals surface area contributed by atoms with Gasteiger partial charge in [0.2, 0.25) is 0 Å². The van der Waals surface area contributed by atoms with E-state index < -0.39 is 12.6 Å². The highest BCUT2D eigenvalue weighted by Crippen LogP contribution is 2.34. The number of carbonyl (C=O) groups excluding carboxylic acids is 1. The van der Waals surface area contributed by atoms with E-state index in [1.165, 1.54) is 18.4 Å².